The Bertz CT molecular complexity index is 525. The van der Waals surface area contributed by atoms with Crippen molar-refractivity contribution in [2.45, 2.75) is 25.7 Å². The van der Waals surface area contributed by atoms with Gasteiger partial charge in [0.2, 0.25) is 0 Å². The van der Waals surface area contributed by atoms with Crippen LogP contribution in [-0.4, -0.2) is 0 Å². The molecule has 0 aliphatic heterocycles. The molecule has 2 rings (SSSR count). The van der Waals surface area contributed by atoms with Crippen molar-refractivity contribution < 1.29 is 4.42 Å². The molecule has 0 atom stereocenters. The molecule has 0 aliphatic rings. The van der Waals surface area contributed by atoms with Crippen LogP contribution in [0.1, 0.15) is 24.8 Å². The molecule has 0 saturated carbocycles. The third kappa shape index (κ3) is 2.16. The van der Waals surface area contributed by atoms with Gasteiger partial charge in [-0.25, -0.2) is 4.79 Å². The van der Waals surface area contributed by atoms with E-state index in [9.17, 15) is 4.79 Å². The smallest absolute Gasteiger partial charge is 0.343 e. The van der Waals surface area contributed by atoms with Gasteiger partial charge in [-0.1, -0.05) is 38.0 Å². The maximum absolute atomic E-state index is 11.5. The molecule has 0 N–H and O–H groups in total. The van der Waals surface area contributed by atoms with Crippen LogP contribution >= 0.6 is 0 Å². The zero-order chi connectivity index (χ0) is 11.4. The van der Waals surface area contributed by atoms with Crippen LogP contribution in [0, 0.1) is 6.92 Å². The Kier molecular flexibility index (Phi) is 3.40. The van der Waals surface area contributed by atoms with Gasteiger partial charge < -0.3 is 4.42 Å². The summed E-state index contributed by atoms with van der Waals surface area (Å²) in [6.07, 6.45) is 5.68. The largest absolute Gasteiger partial charge is 0.431 e. The quantitative estimate of drug-likeness (QED) is 0.732. The van der Waals surface area contributed by atoms with Gasteiger partial charge in [-0.05, 0) is 29.9 Å². The minimum absolute atomic E-state index is 0.253. The van der Waals surface area contributed by atoms with E-state index in [-0.39, 0.29) is 5.63 Å². The summed E-state index contributed by atoms with van der Waals surface area (Å²) in [4.78, 5) is 11.5. The monoisotopic (exact) mass is 215 g/mol. The molecule has 83 valence electrons. The molecular formula is C14H15O2. The molecule has 0 unspecified atom stereocenters. The van der Waals surface area contributed by atoms with Crippen molar-refractivity contribution in [2.75, 3.05) is 0 Å². The lowest BCUT2D eigenvalue weighted by atomic mass is 10.0. The average Bonchev–Trinajstić information content (AvgIpc) is 2.33. The standard InChI is InChI=1S/C14H15O2/c1-2-3-4-7-11-10-16-14(15)13-9-6-5-8-12(11)13/h5-6,8-10H,1-4,7H2. The van der Waals surface area contributed by atoms with Crippen LogP contribution in [0.5, 0.6) is 0 Å². The first-order valence-electron chi connectivity index (χ1n) is 5.61. The topological polar surface area (TPSA) is 30.2 Å². The van der Waals surface area contributed by atoms with Crippen molar-refractivity contribution in [3.63, 3.8) is 0 Å². The summed E-state index contributed by atoms with van der Waals surface area (Å²) in [5, 5.41) is 1.69. The molecule has 0 spiro atoms. The average molecular weight is 215 g/mol. The first-order chi connectivity index (χ1) is 7.83. The highest BCUT2D eigenvalue weighted by Gasteiger charge is 2.04. The maximum atomic E-state index is 11.5. The molecule has 2 aromatic rings. The molecule has 0 fully saturated rings. The number of unbranched alkanes of at least 4 members (excludes halogenated alkanes) is 2. The summed E-state index contributed by atoms with van der Waals surface area (Å²) in [6, 6.07) is 7.60. The van der Waals surface area contributed by atoms with Gasteiger partial charge in [0, 0.05) is 0 Å². The Morgan fingerprint density at radius 1 is 1.12 bits per heavy atom. The molecular weight excluding hydrogens is 200 g/mol. The molecule has 0 aliphatic carbocycles. The molecule has 1 aromatic carbocycles. The van der Waals surface area contributed by atoms with Gasteiger partial charge in [0.25, 0.3) is 0 Å². The number of hydrogen-bond donors (Lipinski definition) is 0. The number of fused-ring (bicyclic) bond motifs is 1. The SMILES string of the molecule is [CH2]CCCCc1coc(=O)c2ccccc12. The van der Waals surface area contributed by atoms with E-state index in [0.29, 0.717) is 5.39 Å². The first-order valence-corrected chi connectivity index (χ1v) is 5.61. The van der Waals surface area contributed by atoms with Gasteiger partial charge in [0.1, 0.15) is 0 Å². The zero-order valence-electron chi connectivity index (χ0n) is 9.24. The predicted octanol–water partition coefficient (Wildman–Crippen LogP) is 3.34. The van der Waals surface area contributed by atoms with E-state index in [0.717, 1.165) is 36.6 Å². The molecule has 16 heavy (non-hydrogen) atoms. The van der Waals surface area contributed by atoms with Gasteiger partial charge in [-0.3, -0.25) is 0 Å². The second kappa shape index (κ2) is 4.97. The fraction of sp³-hybridized carbons (Fsp3) is 0.286. The molecule has 0 saturated heterocycles. The molecule has 2 heteroatoms. The third-order valence-electron chi connectivity index (χ3n) is 2.75. The van der Waals surface area contributed by atoms with Gasteiger partial charge in [-0.2, -0.15) is 0 Å². The van der Waals surface area contributed by atoms with Crippen molar-refractivity contribution >= 4 is 10.8 Å². The molecule has 0 amide bonds. The summed E-state index contributed by atoms with van der Waals surface area (Å²) >= 11 is 0. The lowest BCUT2D eigenvalue weighted by Gasteiger charge is -2.04. The van der Waals surface area contributed by atoms with Crippen molar-refractivity contribution in [1.82, 2.24) is 0 Å². The predicted molar refractivity (Wildman–Crippen MR) is 65.4 cm³/mol. The summed E-state index contributed by atoms with van der Waals surface area (Å²) < 4.78 is 5.03. The van der Waals surface area contributed by atoms with Crippen molar-refractivity contribution in [3.8, 4) is 0 Å². The molecule has 1 heterocycles. The third-order valence-corrected chi connectivity index (χ3v) is 2.75. The molecule has 1 aromatic heterocycles. The number of rotatable bonds is 4. The van der Waals surface area contributed by atoms with E-state index in [1.54, 1.807) is 6.26 Å². The Balaban J connectivity index is 2.38. The highest BCUT2D eigenvalue weighted by molar-refractivity contribution is 5.83. The van der Waals surface area contributed by atoms with Crippen LogP contribution in [0.2, 0.25) is 0 Å². The second-order valence-electron chi connectivity index (χ2n) is 3.90. The van der Waals surface area contributed by atoms with Crippen LogP contribution in [0.15, 0.2) is 39.7 Å². The van der Waals surface area contributed by atoms with Crippen LogP contribution in [0.3, 0.4) is 0 Å². The van der Waals surface area contributed by atoms with E-state index >= 15 is 0 Å². The minimum atomic E-state index is -0.253. The molecule has 1 radical (unpaired) electrons. The first kappa shape index (κ1) is 10.9. The Morgan fingerprint density at radius 2 is 1.88 bits per heavy atom. The maximum Gasteiger partial charge on any atom is 0.343 e. The minimum Gasteiger partial charge on any atom is -0.431 e. The van der Waals surface area contributed by atoms with Crippen LogP contribution in [0.4, 0.5) is 0 Å². The number of aryl methyl sites for hydroxylation is 1. The second-order valence-corrected chi connectivity index (χ2v) is 3.90. The van der Waals surface area contributed by atoms with E-state index < -0.39 is 0 Å². The van der Waals surface area contributed by atoms with Gasteiger partial charge in [0.15, 0.2) is 0 Å². The highest BCUT2D eigenvalue weighted by Crippen LogP contribution is 2.17. The summed E-state index contributed by atoms with van der Waals surface area (Å²) in [5.41, 5.74) is 0.861. The fourth-order valence-electron chi connectivity index (χ4n) is 1.88. The summed E-state index contributed by atoms with van der Waals surface area (Å²) in [6.45, 7) is 3.82. The fourth-order valence-corrected chi connectivity index (χ4v) is 1.88. The normalized spacial score (nSPS) is 10.8. The van der Waals surface area contributed by atoms with Crippen LogP contribution < -0.4 is 5.63 Å². The van der Waals surface area contributed by atoms with E-state index in [2.05, 4.69) is 6.92 Å². The summed E-state index contributed by atoms with van der Waals surface area (Å²) in [7, 11) is 0. The highest BCUT2D eigenvalue weighted by atomic mass is 16.4. The Morgan fingerprint density at radius 3 is 2.62 bits per heavy atom. The van der Waals surface area contributed by atoms with Gasteiger partial charge in [0.05, 0.1) is 11.6 Å². The molecule has 0 bridgehead atoms. The van der Waals surface area contributed by atoms with Crippen LogP contribution in [0.25, 0.3) is 10.8 Å². The van der Waals surface area contributed by atoms with Crippen molar-refractivity contribution in [3.05, 3.63) is 53.4 Å². The van der Waals surface area contributed by atoms with Gasteiger partial charge in [-0.15, -0.1) is 0 Å². The van der Waals surface area contributed by atoms with Crippen LogP contribution in [-0.2, 0) is 6.42 Å². The zero-order valence-corrected chi connectivity index (χ0v) is 9.24. The van der Waals surface area contributed by atoms with Crippen molar-refractivity contribution in [1.29, 1.82) is 0 Å². The van der Waals surface area contributed by atoms with E-state index in [1.165, 1.54) is 0 Å². The Hall–Kier alpha value is -1.57. The van der Waals surface area contributed by atoms with E-state index in [1.807, 2.05) is 24.3 Å². The van der Waals surface area contributed by atoms with E-state index in [4.69, 9.17) is 4.42 Å². The van der Waals surface area contributed by atoms with Crippen molar-refractivity contribution in [2.24, 2.45) is 0 Å². The lowest BCUT2D eigenvalue weighted by Crippen LogP contribution is -2.01. The number of hydrogen-bond acceptors (Lipinski definition) is 2. The Labute approximate surface area is 94.9 Å². The summed E-state index contributed by atoms with van der Waals surface area (Å²) in [5.74, 6) is 0. The number of benzene rings is 1. The lowest BCUT2D eigenvalue weighted by molar-refractivity contribution is 0.511. The molecule has 2 nitrogen and oxygen atoms in total. The van der Waals surface area contributed by atoms with Gasteiger partial charge >= 0.3 is 5.63 Å².